The third kappa shape index (κ3) is 3.93. The fourth-order valence-corrected chi connectivity index (χ4v) is 4.87. The summed E-state index contributed by atoms with van der Waals surface area (Å²) >= 11 is 1.50. The lowest BCUT2D eigenvalue weighted by Gasteiger charge is -2.33. The Morgan fingerprint density at radius 3 is 2.74 bits per heavy atom. The normalized spacial score (nSPS) is 16.7. The maximum absolute atomic E-state index is 12.6. The Kier molecular flexibility index (Phi) is 5.42. The third-order valence-corrected chi connectivity index (χ3v) is 6.50. The monoisotopic (exact) mass is 389 g/mol. The van der Waals surface area contributed by atoms with Crippen LogP contribution in [0.1, 0.15) is 65.3 Å². The van der Waals surface area contributed by atoms with Crippen LogP contribution in [0.25, 0.3) is 0 Å². The molecule has 0 aromatic carbocycles. The number of carbonyl (C=O) groups excluding carboxylic acids is 2. The molecule has 1 unspecified atom stereocenters. The van der Waals surface area contributed by atoms with Gasteiger partial charge in [-0.15, -0.1) is 11.3 Å². The smallest absolute Gasteiger partial charge is 0.341 e. The van der Waals surface area contributed by atoms with Gasteiger partial charge in [0, 0.05) is 17.6 Å². The number of carbonyl (C=O) groups is 2. The summed E-state index contributed by atoms with van der Waals surface area (Å²) in [6.45, 7) is 9.42. The van der Waals surface area contributed by atoms with Crippen molar-refractivity contribution in [3.8, 4) is 0 Å². The fraction of sp³-hybridized carbons (Fsp3) is 0.550. The minimum absolute atomic E-state index is 0.214. The molecule has 3 rings (SSSR count). The summed E-state index contributed by atoms with van der Waals surface area (Å²) in [4.78, 5) is 26.2. The largest absolute Gasteiger partial charge is 0.465 e. The van der Waals surface area contributed by atoms with E-state index in [1.807, 2.05) is 6.92 Å². The van der Waals surface area contributed by atoms with Crippen LogP contribution in [0.5, 0.6) is 0 Å². The van der Waals surface area contributed by atoms with Crippen LogP contribution in [0.4, 0.5) is 5.00 Å². The summed E-state index contributed by atoms with van der Waals surface area (Å²) in [5, 5.41) is 7.64. The molecule has 1 aliphatic carbocycles. The molecule has 1 N–H and O–H groups in total. The molecule has 7 heteroatoms. The molecule has 2 aromatic heterocycles. The molecule has 0 saturated heterocycles. The van der Waals surface area contributed by atoms with Crippen molar-refractivity contribution in [2.75, 3.05) is 12.4 Å². The van der Waals surface area contributed by atoms with Crippen LogP contribution in [0.15, 0.2) is 12.4 Å². The molecular weight excluding hydrogens is 362 g/mol. The second-order valence-electron chi connectivity index (χ2n) is 8.04. The molecule has 2 aromatic rings. The Balaban J connectivity index is 1.92. The Morgan fingerprint density at radius 1 is 1.41 bits per heavy atom. The number of rotatable bonds is 4. The van der Waals surface area contributed by atoms with E-state index < -0.39 is 0 Å². The predicted molar refractivity (Wildman–Crippen MR) is 106 cm³/mol. The predicted octanol–water partition coefficient (Wildman–Crippen LogP) is 4.15. The van der Waals surface area contributed by atoms with Crippen LogP contribution < -0.4 is 5.32 Å². The number of amides is 1. The molecule has 1 amide bonds. The molecule has 1 atom stereocenters. The minimum atomic E-state index is -0.388. The molecule has 0 radical (unpaired) electrons. The van der Waals surface area contributed by atoms with Crippen molar-refractivity contribution in [2.45, 2.75) is 53.5 Å². The summed E-state index contributed by atoms with van der Waals surface area (Å²) < 4.78 is 6.70. The number of anilines is 1. The molecular formula is C20H27N3O3S. The highest BCUT2D eigenvalue weighted by Gasteiger charge is 2.34. The first-order valence-electron chi connectivity index (χ1n) is 9.31. The Bertz CT molecular complexity index is 860. The van der Waals surface area contributed by atoms with E-state index in [9.17, 15) is 9.59 Å². The number of aryl methyl sites for hydroxylation is 1. The molecule has 0 bridgehead atoms. The van der Waals surface area contributed by atoms with E-state index in [0.29, 0.717) is 28.6 Å². The van der Waals surface area contributed by atoms with Crippen molar-refractivity contribution in [1.82, 2.24) is 9.78 Å². The van der Waals surface area contributed by atoms with E-state index >= 15 is 0 Å². The minimum Gasteiger partial charge on any atom is -0.465 e. The van der Waals surface area contributed by atoms with Gasteiger partial charge in [0.25, 0.3) is 5.91 Å². The number of nitrogens with zero attached hydrogens (tertiary/aromatic N) is 2. The first kappa shape index (κ1) is 19.6. The van der Waals surface area contributed by atoms with Gasteiger partial charge in [-0.2, -0.15) is 5.10 Å². The van der Waals surface area contributed by atoms with Gasteiger partial charge in [0.05, 0.1) is 24.4 Å². The van der Waals surface area contributed by atoms with Crippen LogP contribution in [0.2, 0.25) is 0 Å². The summed E-state index contributed by atoms with van der Waals surface area (Å²) in [7, 11) is 1.38. The highest BCUT2D eigenvalue weighted by Crippen LogP contribution is 2.44. The van der Waals surface area contributed by atoms with Gasteiger partial charge < -0.3 is 10.1 Å². The number of esters is 1. The number of aromatic nitrogens is 2. The lowest BCUT2D eigenvalue weighted by Crippen LogP contribution is -2.26. The van der Waals surface area contributed by atoms with Crippen LogP contribution in [0.3, 0.4) is 0 Å². The summed E-state index contributed by atoms with van der Waals surface area (Å²) in [5.41, 5.74) is 2.24. The standard InChI is InChI=1S/C20H27N3O3S/c1-6-23-11-12(10-21-23)17(24)22-18-16(19(25)26-5)14-8-7-13(20(2,3)4)9-15(14)27-18/h10-11,13H,6-9H2,1-5H3,(H,22,24). The van der Waals surface area contributed by atoms with Gasteiger partial charge in [-0.25, -0.2) is 4.79 Å². The fourth-order valence-electron chi connectivity index (χ4n) is 3.56. The second-order valence-corrected chi connectivity index (χ2v) is 9.15. The average Bonchev–Trinajstić information content (AvgIpc) is 3.23. The molecule has 2 heterocycles. The number of hydrogen-bond acceptors (Lipinski definition) is 5. The van der Waals surface area contributed by atoms with Gasteiger partial charge in [-0.05, 0) is 43.1 Å². The summed E-state index contributed by atoms with van der Waals surface area (Å²) in [6, 6.07) is 0. The van der Waals surface area contributed by atoms with Crippen molar-refractivity contribution in [2.24, 2.45) is 11.3 Å². The number of nitrogens with one attached hydrogen (secondary N) is 1. The quantitative estimate of drug-likeness (QED) is 0.797. The number of thiophene rings is 1. The zero-order chi connectivity index (χ0) is 19.8. The number of ether oxygens (including phenoxy) is 1. The molecule has 0 saturated carbocycles. The zero-order valence-corrected chi connectivity index (χ0v) is 17.4. The molecule has 0 spiro atoms. The highest BCUT2D eigenvalue weighted by molar-refractivity contribution is 7.17. The van der Waals surface area contributed by atoms with E-state index in [-0.39, 0.29) is 17.3 Å². The van der Waals surface area contributed by atoms with Crippen LogP contribution in [0, 0.1) is 11.3 Å². The van der Waals surface area contributed by atoms with E-state index in [1.54, 1.807) is 17.1 Å². The van der Waals surface area contributed by atoms with Crippen molar-refractivity contribution in [3.05, 3.63) is 34.0 Å². The molecule has 0 fully saturated rings. The number of hydrogen-bond donors (Lipinski definition) is 1. The van der Waals surface area contributed by atoms with E-state index in [1.165, 1.54) is 23.3 Å². The SMILES string of the molecule is CCn1cc(C(=O)Nc2sc3c(c2C(=O)OC)CCC(C(C)(C)C)C3)cn1. The van der Waals surface area contributed by atoms with Gasteiger partial charge in [-0.3, -0.25) is 9.48 Å². The first-order valence-corrected chi connectivity index (χ1v) is 10.1. The molecule has 27 heavy (non-hydrogen) atoms. The lowest BCUT2D eigenvalue weighted by molar-refractivity contribution is 0.0600. The van der Waals surface area contributed by atoms with Crippen molar-refractivity contribution in [3.63, 3.8) is 0 Å². The summed E-state index contributed by atoms with van der Waals surface area (Å²) in [6.07, 6.45) is 6.04. The van der Waals surface area contributed by atoms with Gasteiger partial charge in [0.2, 0.25) is 0 Å². The van der Waals surface area contributed by atoms with Crippen molar-refractivity contribution < 1.29 is 14.3 Å². The zero-order valence-electron chi connectivity index (χ0n) is 16.6. The third-order valence-electron chi connectivity index (χ3n) is 5.33. The molecule has 1 aliphatic rings. The second kappa shape index (κ2) is 7.46. The van der Waals surface area contributed by atoms with E-state index in [4.69, 9.17) is 4.74 Å². The number of fused-ring (bicyclic) bond motifs is 1. The maximum atomic E-state index is 12.6. The number of methoxy groups -OCH3 is 1. The summed E-state index contributed by atoms with van der Waals surface area (Å²) in [5.74, 6) is -0.0902. The molecule has 0 aliphatic heterocycles. The Hall–Kier alpha value is -2.15. The lowest BCUT2D eigenvalue weighted by atomic mass is 9.72. The Morgan fingerprint density at radius 2 is 2.15 bits per heavy atom. The topological polar surface area (TPSA) is 73.2 Å². The van der Waals surface area contributed by atoms with Crippen molar-refractivity contribution >= 4 is 28.2 Å². The van der Waals surface area contributed by atoms with Gasteiger partial charge >= 0.3 is 5.97 Å². The van der Waals surface area contributed by atoms with Gasteiger partial charge in [-0.1, -0.05) is 20.8 Å². The Labute approximate surface area is 163 Å². The maximum Gasteiger partial charge on any atom is 0.341 e. The van der Waals surface area contributed by atoms with Crippen LogP contribution in [-0.4, -0.2) is 28.8 Å². The van der Waals surface area contributed by atoms with Gasteiger partial charge in [0.1, 0.15) is 5.00 Å². The average molecular weight is 390 g/mol. The van der Waals surface area contributed by atoms with Crippen LogP contribution in [-0.2, 0) is 24.1 Å². The van der Waals surface area contributed by atoms with Crippen molar-refractivity contribution in [1.29, 1.82) is 0 Å². The molecule has 6 nitrogen and oxygen atoms in total. The molecule has 146 valence electrons. The van der Waals surface area contributed by atoms with E-state index in [0.717, 1.165) is 24.8 Å². The highest BCUT2D eigenvalue weighted by atomic mass is 32.1. The van der Waals surface area contributed by atoms with E-state index in [2.05, 4.69) is 31.2 Å². The van der Waals surface area contributed by atoms with Gasteiger partial charge in [0.15, 0.2) is 0 Å². The van der Waals surface area contributed by atoms with Crippen LogP contribution >= 0.6 is 11.3 Å². The first-order chi connectivity index (χ1) is 12.7.